The molecule has 0 spiro atoms. The van der Waals surface area contributed by atoms with Gasteiger partial charge in [-0.15, -0.1) is 0 Å². The van der Waals surface area contributed by atoms with Crippen LogP contribution in [0.2, 0.25) is 0 Å². The summed E-state index contributed by atoms with van der Waals surface area (Å²) in [6.07, 6.45) is 2.57. The second-order valence-corrected chi connectivity index (χ2v) is 6.47. The average molecular weight is 333 g/mol. The van der Waals surface area contributed by atoms with Crippen molar-refractivity contribution in [2.45, 2.75) is 52.5 Å². The van der Waals surface area contributed by atoms with Crippen molar-refractivity contribution in [3.05, 3.63) is 29.8 Å². The molecule has 5 heteroatoms. The van der Waals surface area contributed by atoms with Crippen LogP contribution in [0, 0.1) is 11.8 Å². The van der Waals surface area contributed by atoms with Crippen molar-refractivity contribution >= 4 is 18.0 Å². The van der Waals surface area contributed by atoms with Crippen LogP contribution < -0.4 is 5.32 Å². The van der Waals surface area contributed by atoms with E-state index in [1.165, 1.54) is 12.1 Å². The molecule has 132 valence electrons. The molecule has 1 rings (SSSR count). The quantitative estimate of drug-likeness (QED) is 0.509. The second-order valence-electron chi connectivity index (χ2n) is 6.47. The summed E-state index contributed by atoms with van der Waals surface area (Å²) >= 11 is 0. The van der Waals surface area contributed by atoms with Crippen LogP contribution in [0.25, 0.3) is 0 Å². The molecule has 1 amide bonds. The Bertz CT molecular complexity index is 553. The molecule has 2 N–H and O–H groups in total. The van der Waals surface area contributed by atoms with Crippen molar-refractivity contribution in [1.29, 1.82) is 0 Å². The van der Waals surface area contributed by atoms with Crippen LogP contribution in [0.3, 0.4) is 0 Å². The topological polar surface area (TPSA) is 83.5 Å². The van der Waals surface area contributed by atoms with Gasteiger partial charge in [0, 0.05) is 5.92 Å². The van der Waals surface area contributed by atoms with E-state index in [1.807, 2.05) is 6.92 Å². The smallest absolute Gasteiger partial charge is 0.228 e. The predicted molar refractivity (Wildman–Crippen MR) is 92.7 cm³/mol. The van der Waals surface area contributed by atoms with Gasteiger partial charge in [0.05, 0.1) is 12.5 Å². The van der Waals surface area contributed by atoms with E-state index in [-0.39, 0.29) is 23.9 Å². The number of phenols is 1. The van der Waals surface area contributed by atoms with Gasteiger partial charge in [-0.05, 0) is 36.5 Å². The summed E-state index contributed by atoms with van der Waals surface area (Å²) in [5.74, 6) is -0.0815. The number of carbonyl (C=O) groups is 3. The van der Waals surface area contributed by atoms with Gasteiger partial charge in [-0.25, -0.2) is 0 Å². The van der Waals surface area contributed by atoms with E-state index in [0.29, 0.717) is 18.6 Å². The molecule has 24 heavy (non-hydrogen) atoms. The van der Waals surface area contributed by atoms with Crippen LogP contribution in [0.5, 0.6) is 5.75 Å². The van der Waals surface area contributed by atoms with Gasteiger partial charge in [0.15, 0.2) is 0 Å². The van der Waals surface area contributed by atoms with Crippen LogP contribution in [0.15, 0.2) is 24.3 Å². The van der Waals surface area contributed by atoms with Crippen molar-refractivity contribution in [3.8, 4) is 5.75 Å². The SMILES string of the molecule is CCC(C)CC(C)C(=O)CC(=O)NC(C=O)Cc1ccc(O)cc1. The Morgan fingerprint density at radius 3 is 2.38 bits per heavy atom. The van der Waals surface area contributed by atoms with Crippen LogP contribution in [0.4, 0.5) is 0 Å². The highest BCUT2D eigenvalue weighted by Gasteiger charge is 2.20. The lowest BCUT2D eigenvalue weighted by Gasteiger charge is -2.16. The van der Waals surface area contributed by atoms with Gasteiger partial charge in [0.25, 0.3) is 0 Å². The standard InChI is InChI=1S/C19H27NO4/c1-4-13(2)9-14(3)18(23)11-19(24)20-16(12-21)10-15-5-7-17(22)8-6-15/h5-8,12-14,16,22H,4,9-11H2,1-3H3,(H,20,24). The van der Waals surface area contributed by atoms with E-state index >= 15 is 0 Å². The highest BCUT2D eigenvalue weighted by Crippen LogP contribution is 2.16. The third kappa shape index (κ3) is 6.94. The minimum absolute atomic E-state index is 0.0953. The molecule has 0 heterocycles. The first-order valence-electron chi connectivity index (χ1n) is 8.41. The summed E-state index contributed by atoms with van der Waals surface area (Å²) in [5.41, 5.74) is 0.821. The molecule has 5 nitrogen and oxygen atoms in total. The van der Waals surface area contributed by atoms with Gasteiger partial charge < -0.3 is 15.2 Å². The first kappa shape index (κ1) is 19.9. The van der Waals surface area contributed by atoms with Crippen molar-refractivity contribution in [3.63, 3.8) is 0 Å². The number of ketones is 1. The van der Waals surface area contributed by atoms with Crippen molar-refractivity contribution in [2.24, 2.45) is 11.8 Å². The van der Waals surface area contributed by atoms with E-state index in [9.17, 15) is 19.5 Å². The maximum absolute atomic E-state index is 12.1. The van der Waals surface area contributed by atoms with Crippen LogP contribution >= 0.6 is 0 Å². The van der Waals surface area contributed by atoms with Gasteiger partial charge in [-0.3, -0.25) is 9.59 Å². The predicted octanol–water partition coefficient (Wildman–Crippen LogP) is 2.65. The molecule has 3 atom stereocenters. The zero-order valence-corrected chi connectivity index (χ0v) is 14.6. The number of carbonyl (C=O) groups excluding carboxylic acids is 3. The molecule has 1 aromatic carbocycles. The zero-order chi connectivity index (χ0) is 18.1. The zero-order valence-electron chi connectivity index (χ0n) is 14.6. The Balaban J connectivity index is 2.50. The molecule has 0 saturated heterocycles. The maximum Gasteiger partial charge on any atom is 0.228 e. The number of aromatic hydroxyl groups is 1. The highest BCUT2D eigenvalue weighted by atomic mass is 16.3. The molecule has 0 aliphatic carbocycles. The lowest BCUT2D eigenvalue weighted by Crippen LogP contribution is -2.39. The number of Topliss-reactive ketones (excluding diaryl/α,β-unsaturated/α-hetero) is 1. The van der Waals surface area contributed by atoms with E-state index < -0.39 is 11.9 Å². The highest BCUT2D eigenvalue weighted by molar-refractivity contribution is 5.99. The molecule has 1 aromatic rings. The fraction of sp³-hybridized carbons (Fsp3) is 0.526. The average Bonchev–Trinajstić information content (AvgIpc) is 2.55. The summed E-state index contributed by atoms with van der Waals surface area (Å²) in [4.78, 5) is 35.3. The molecular formula is C19H27NO4. The van der Waals surface area contributed by atoms with Gasteiger partial charge >= 0.3 is 0 Å². The monoisotopic (exact) mass is 333 g/mol. The molecule has 0 aliphatic rings. The first-order chi connectivity index (χ1) is 11.3. The lowest BCUT2D eigenvalue weighted by atomic mass is 9.91. The molecule has 0 saturated carbocycles. The fourth-order valence-corrected chi connectivity index (χ4v) is 2.51. The lowest BCUT2D eigenvalue weighted by molar-refractivity contribution is -0.131. The number of nitrogens with one attached hydrogen (secondary N) is 1. The number of benzene rings is 1. The summed E-state index contributed by atoms with van der Waals surface area (Å²) in [6.45, 7) is 6.01. The number of hydrogen-bond acceptors (Lipinski definition) is 4. The summed E-state index contributed by atoms with van der Waals surface area (Å²) in [6, 6.07) is 5.76. The molecule has 0 aliphatic heterocycles. The van der Waals surface area contributed by atoms with Gasteiger partial charge in [-0.2, -0.15) is 0 Å². The Hall–Kier alpha value is -2.17. The Kier molecular flexibility index (Phi) is 8.16. The second kappa shape index (κ2) is 9.85. The summed E-state index contributed by atoms with van der Waals surface area (Å²) < 4.78 is 0. The summed E-state index contributed by atoms with van der Waals surface area (Å²) in [5, 5.41) is 11.8. The van der Waals surface area contributed by atoms with E-state index in [0.717, 1.165) is 18.4 Å². The molecule has 0 bridgehead atoms. The molecular weight excluding hydrogens is 306 g/mol. The van der Waals surface area contributed by atoms with Crippen LogP contribution in [0.1, 0.15) is 45.6 Å². The van der Waals surface area contributed by atoms with Gasteiger partial charge in [-0.1, -0.05) is 39.3 Å². The van der Waals surface area contributed by atoms with Gasteiger partial charge in [0.1, 0.15) is 17.8 Å². The van der Waals surface area contributed by atoms with Crippen molar-refractivity contribution < 1.29 is 19.5 Å². The van der Waals surface area contributed by atoms with E-state index in [4.69, 9.17) is 0 Å². The number of amides is 1. The Morgan fingerprint density at radius 2 is 1.83 bits per heavy atom. The third-order valence-electron chi connectivity index (χ3n) is 4.24. The number of hydrogen-bond donors (Lipinski definition) is 2. The van der Waals surface area contributed by atoms with Crippen LogP contribution in [-0.4, -0.2) is 29.1 Å². The maximum atomic E-state index is 12.1. The molecule has 3 unspecified atom stereocenters. The minimum Gasteiger partial charge on any atom is -0.508 e. The van der Waals surface area contributed by atoms with Crippen molar-refractivity contribution in [1.82, 2.24) is 5.32 Å². The van der Waals surface area contributed by atoms with E-state index in [2.05, 4.69) is 19.2 Å². The first-order valence-corrected chi connectivity index (χ1v) is 8.41. The van der Waals surface area contributed by atoms with E-state index in [1.54, 1.807) is 12.1 Å². The fourth-order valence-electron chi connectivity index (χ4n) is 2.51. The summed E-state index contributed by atoms with van der Waals surface area (Å²) in [7, 11) is 0. The Labute approximate surface area is 143 Å². The molecule has 0 fully saturated rings. The van der Waals surface area contributed by atoms with Crippen molar-refractivity contribution in [2.75, 3.05) is 0 Å². The Morgan fingerprint density at radius 1 is 1.21 bits per heavy atom. The number of aldehydes is 1. The molecule has 0 radical (unpaired) electrons. The minimum atomic E-state index is -0.681. The normalized spacial score (nSPS) is 14.5. The third-order valence-corrected chi connectivity index (χ3v) is 4.24. The van der Waals surface area contributed by atoms with Crippen LogP contribution in [-0.2, 0) is 20.8 Å². The molecule has 0 aromatic heterocycles. The number of rotatable bonds is 10. The van der Waals surface area contributed by atoms with Gasteiger partial charge in [0.2, 0.25) is 5.91 Å². The largest absolute Gasteiger partial charge is 0.508 e. The number of phenolic OH excluding ortho intramolecular Hbond substituents is 1.